The van der Waals surface area contributed by atoms with Gasteiger partial charge in [-0.1, -0.05) is 37.3 Å². The van der Waals surface area contributed by atoms with Crippen LogP contribution in [-0.2, 0) is 25.6 Å². The van der Waals surface area contributed by atoms with Crippen molar-refractivity contribution in [3.05, 3.63) is 48.0 Å². The molecule has 0 spiro atoms. The van der Waals surface area contributed by atoms with Crippen LogP contribution in [0.2, 0.25) is 0 Å². The van der Waals surface area contributed by atoms with Gasteiger partial charge in [-0.05, 0) is 25.0 Å². The van der Waals surface area contributed by atoms with Crippen LogP contribution < -0.4 is 0 Å². The molecule has 1 aromatic rings. The summed E-state index contributed by atoms with van der Waals surface area (Å²) in [6, 6.07) is 9.84. The van der Waals surface area contributed by atoms with Crippen molar-refractivity contribution in [1.82, 2.24) is 0 Å². The van der Waals surface area contributed by atoms with E-state index in [9.17, 15) is 9.90 Å². The molecule has 3 atom stereocenters. The number of hydrogen-bond acceptors (Lipinski definition) is 7. The quantitative estimate of drug-likeness (QED) is 0.404. The Balaban J connectivity index is 2.15. The number of hydrogen-bond donors (Lipinski definition) is 1. The summed E-state index contributed by atoms with van der Waals surface area (Å²) in [5.74, 6) is 1.60. The average molecular weight is 427 g/mol. The number of esters is 1. The van der Waals surface area contributed by atoms with Crippen molar-refractivity contribution in [1.29, 1.82) is 0 Å². The largest absolute Gasteiger partial charge is 0.463 e. The zero-order chi connectivity index (χ0) is 20.2. The van der Waals surface area contributed by atoms with E-state index in [0.717, 1.165) is 23.5 Å². The van der Waals surface area contributed by atoms with Crippen molar-refractivity contribution in [2.24, 2.45) is 0 Å². The first-order valence-corrected chi connectivity index (χ1v) is 11.8. The molecule has 1 saturated heterocycles. The molecule has 0 amide bonds. The Labute approximate surface area is 176 Å². The van der Waals surface area contributed by atoms with Crippen LogP contribution >= 0.6 is 23.5 Å². The van der Waals surface area contributed by atoms with Crippen LogP contribution in [0.3, 0.4) is 0 Å². The topological polar surface area (TPSA) is 65.0 Å². The second-order valence-electron chi connectivity index (χ2n) is 6.31. The van der Waals surface area contributed by atoms with Gasteiger partial charge in [-0.15, -0.1) is 23.5 Å². The van der Waals surface area contributed by atoms with Crippen molar-refractivity contribution in [3.63, 3.8) is 0 Å². The highest BCUT2D eigenvalue weighted by Gasteiger charge is 2.36. The number of aliphatic hydroxyl groups excluding tert-OH is 1. The smallest absolute Gasteiger partial charge is 0.330 e. The average Bonchev–Trinajstić information content (AvgIpc) is 3.25. The third-order valence-electron chi connectivity index (χ3n) is 4.10. The lowest BCUT2D eigenvalue weighted by molar-refractivity contribution is -0.137. The Morgan fingerprint density at radius 1 is 1.21 bits per heavy atom. The number of thioether (sulfide) groups is 2. The zero-order valence-electron chi connectivity index (χ0n) is 16.5. The Morgan fingerprint density at radius 2 is 1.93 bits per heavy atom. The van der Waals surface area contributed by atoms with Gasteiger partial charge in [-0.25, -0.2) is 4.79 Å². The minimum Gasteiger partial charge on any atom is -0.463 e. The van der Waals surface area contributed by atoms with Gasteiger partial charge in [0.05, 0.1) is 17.8 Å². The molecule has 0 radical (unpaired) electrons. The summed E-state index contributed by atoms with van der Waals surface area (Å²) in [5, 5.41) is 11.0. The molecule has 1 aliphatic heterocycles. The van der Waals surface area contributed by atoms with Crippen LogP contribution in [0.1, 0.15) is 25.8 Å². The normalized spacial score (nSPS) is 18.2. The van der Waals surface area contributed by atoms with E-state index < -0.39 is 24.3 Å². The van der Waals surface area contributed by atoms with Crippen molar-refractivity contribution in [2.45, 2.75) is 49.8 Å². The Kier molecular flexibility index (Phi) is 11.0. The fourth-order valence-corrected chi connectivity index (χ4v) is 5.66. The van der Waals surface area contributed by atoms with Gasteiger partial charge in [-0.2, -0.15) is 0 Å². The molecule has 156 valence electrons. The van der Waals surface area contributed by atoms with Crippen LogP contribution in [0.5, 0.6) is 0 Å². The SMILES string of the molecule is CCCO[C@H](/C=C/C(=O)OCC)[C@@H](OCc1ccccc1)[C@@H](O)C1SCCS1. The molecule has 0 saturated carbocycles. The highest BCUT2D eigenvalue weighted by atomic mass is 32.2. The standard InChI is InChI=1S/C21H30O5S2/c1-3-12-25-17(10-11-18(22)24-4-2)20(19(23)21-27-13-14-28-21)26-15-16-8-6-5-7-9-16/h5-11,17,19-21,23H,3-4,12-15H2,1-2H3/b11-10+/t17-,19-,20-/m1/s1. The molecule has 2 rings (SSSR count). The second kappa shape index (κ2) is 13.3. The number of benzene rings is 1. The van der Waals surface area contributed by atoms with Gasteiger partial charge in [0.15, 0.2) is 0 Å². The minimum absolute atomic E-state index is 0.0319. The molecule has 0 aliphatic carbocycles. The highest BCUT2D eigenvalue weighted by molar-refractivity contribution is 8.20. The molecular formula is C21H30O5S2. The van der Waals surface area contributed by atoms with Gasteiger partial charge >= 0.3 is 5.97 Å². The predicted octanol–water partition coefficient (Wildman–Crippen LogP) is 3.65. The lowest BCUT2D eigenvalue weighted by atomic mass is 10.1. The zero-order valence-corrected chi connectivity index (χ0v) is 18.1. The van der Waals surface area contributed by atoms with Gasteiger partial charge < -0.3 is 19.3 Å². The Bertz CT molecular complexity index is 590. The first-order valence-electron chi connectivity index (χ1n) is 9.69. The molecule has 1 aromatic carbocycles. The predicted molar refractivity (Wildman–Crippen MR) is 116 cm³/mol. The third-order valence-corrected chi connectivity index (χ3v) is 7.26. The molecular weight excluding hydrogens is 396 g/mol. The van der Waals surface area contributed by atoms with Gasteiger partial charge in [0, 0.05) is 24.2 Å². The maximum Gasteiger partial charge on any atom is 0.330 e. The van der Waals surface area contributed by atoms with Gasteiger partial charge in [0.25, 0.3) is 0 Å². The van der Waals surface area contributed by atoms with Crippen LogP contribution in [-0.4, -0.2) is 58.7 Å². The molecule has 0 bridgehead atoms. The van der Waals surface area contributed by atoms with E-state index in [1.54, 1.807) is 36.5 Å². The number of carbonyl (C=O) groups excluding carboxylic acids is 1. The van der Waals surface area contributed by atoms with E-state index in [4.69, 9.17) is 14.2 Å². The van der Waals surface area contributed by atoms with Crippen LogP contribution in [0, 0.1) is 0 Å². The summed E-state index contributed by atoms with van der Waals surface area (Å²) in [5.41, 5.74) is 1.02. The summed E-state index contributed by atoms with van der Waals surface area (Å²) < 4.78 is 17.1. The Hall–Kier alpha value is -0.990. The number of carbonyl (C=O) groups is 1. The van der Waals surface area contributed by atoms with Crippen molar-refractivity contribution < 1.29 is 24.1 Å². The lowest BCUT2D eigenvalue weighted by Crippen LogP contribution is -2.44. The van der Waals surface area contributed by atoms with Gasteiger partial charge in [-0.3, -0.25) is 0 Å². The second-order valence-corrected chi connectivity index (χ2v) is 9.11. The van der Waals surface area contributed by atoms with Crippen molar-refractivity contribution in [3.8, 4) is 0 Å². The fraction of sp³-hybridized carbons (Fsp3) is 0.571. The molecule has 1 N–H and O–H groups in total. The molecule has 28 heavy (non-hydrogen) atoms. The molecule has 7 heteroatoms. The maximum absolute atomic E-state index is 11.8. The van der Waals surface area contributed by atoms with E-state index in [1.165, 1.54) is 6.08 Å². The van der Waals surface area contributed by atoms with Crippen LogP contribution in [0.25, 0.3) is 0 Å². The summed E-state index contributed by atoms with van der Waals surface area (Å²) in [6.07, 6.45) is 2.01. The first kappa shape index (κ1) is 23.3. The highest BCUT2D eigenvalue weighted by Crippen LogP contribution is 2.37. The van der Waals surface area contributed by atoms with Crippen LogP contribution in [0.15, 0.2) is 42.5 Å². The summed E-state index contributed by atoms with van der Waals surface area (Å²) in [4.78, 5) is 11.8. The molecule has 0 aromatic heterocycles. The summed E-state index contributed by atoms with van der Waals surface area (Å²) in [6.45, 7) is 4.98. The minimum atomic E-state index is -0.713. The van der Waals surface area contributed by atoms with E-state index in [2.05, 4.69) is 0 Å². The number of ether oxygens (including phenoxy) is 3. The lowest BCUT2D eigenvalue weighted by Gasteiger charge is -2.31. The van der Waals surface area contributed by atoms with Crippen molar-refractivity contribution >= 4 is 29.5 Å². The summed E-state index contributed by atoms with van der Waals surface area (Å²) >= 11 is 3.47. The molecule has 1 heterocycles. The van der Waals surface area contributed by atoms with E-state index >= 15 is 0 Å². The van der Waals surface area contributed by atoms with E-state index in [-0.39, 0.29) is 4.58 Å². The van der Waals surface area contributed by atoms with Gasteiger partial charge in [0.1, 0.15) is 18.3 Å². The molecule has 0 unspecified atom stereocenters. The maximum atomic E-state index is 11.8. The van der Waals surface area contributed by atoms with E-state index in [0.29, 0.717) is 19.8 Å². The van der Waals surface area contributed by atoms with Crippen LogP contribution in [0.4, 0.5) is 0 Å². The third kappa shape index (κ3) is 7.79. The van der Waals surface area contributed by atoms with Crippen molar-refractivity contribution in [2.75, 3.05) is 24.7 Å². The molecule has 1 aliphatic rings. The number of rotatable bonds is 12. The first-order chi connectivity index (χ1) is 13.7. The van der Waals surface area contributed by atoms with Gasteiger partial charge in [0.2, 0.25) is 0 Å². The molecule has 1 fully saturated rings. The fourth-order valence-electron chi connectivity index (χ4n) is 2.76. The number of aliphatic hydroxyl groups is 1. The molecule has 5 nitrogen and oxygen atoms in total. The monoisotopic (exact) mass is 426 g/mol. The summed E-state index contributed by atoms with van der Waals surface area (Å²) in [7, 11) is 0. The Morgan fingerprint density at radius 3 is 2.57 bits per heavy atom. The van der Waals surface area contributed by atoms with E-state index in [1.807, 2.05) is 37.3 Å².